The molecule has 0 radical (unpaired) electrons. The molecule has 0 saturated carbocycles. The van der Waals surface area contributed by atoms with Crippen LogP contribution in [-0.2, 0) is 9.15 Å². The first-order chi connectivity index (χ1) is 4.87. The average molecular weight is 179 g/mol. The smallest absolute Gasteiger partial charge is 0.195 e. The minimum absolute atomic E-state index is 0.171. The van der Waals surface area contributed by atoms with E-state index in [2.05, 4.69) is 0 Å². The summed E-state index contributed by atoms with van der Waals surface area (Å²) in [7, 11) is -0.928. The van der Waals surface area contributed by atoms with Gasteiger partial charge >= 0.3 is 0 Å². The molecule has 1 atom stereocenters. The van der Waals surface area contributed by atoms with Crippen LogP contribution in [0.15, 0.2) is 0 Å². The van der Waals surface area contributed by atoms with Gasteiger partial charge in [0.25, 0.3) is 0 Å². The zero-order chi connectivity index (χ0) is 9.07. The van der Waals surface area contributed by atoms with Crippen LogP contribution >= 0.6 is 8.38 Å². The third-order valence-electron chi connectivity index (χ3n) is 0.889. The summed E-state index contributed by atoms with van der Waals surface area (Å²) in [5.74, 6) is 5.08. The minimum Gasteiger partial charge on any atom is -0.327 e. The first-order valence-corrected chi connectivity index (χ1v) is 4.96. The lowest BCUT2D eigenvalue weighted by atomic mass is 10.2. The summed E-state index contributed by atoms with van der Waals surface area (Å²) < 4.78 is 10.3. The van der Waals surface area contributed by atoms with Crippen molar-refractivity contribution in [2.24, 2.45) is 5.90 Å². The highest BCUT2D eigenvalue weighted by Crippen LogP contribution is 2.45. The molecule has 0 aliphatic heterocycles. The lowest BCUT2D eigenvalue weighted by Crippen LogP contribution is -2.19. The van der Waals surface area contributed by atoms with Gasteiger partial charge in [-0.1, -0.05) is 13.8 Å². The van der Waals surface area contributed by atoms with E-state index < -0.39 is 8.38 Å². The Bertz CT molecular complexity index is 111. The van der Waals surface area contributed by atoms with E-state index in [0.717, 1.165) is 0 Å². The molecule has 0 fully saturated rings. The van der Waals surface area contributed by atoms with Gasteiger partial charge in [-0.3, -0.25) is 4.62 Å². The van der Waals surface area contributed by atoms with Crippen molar-refractivity contribution in [3.8, 4) is 0 Å². The molecule has 0 rings (SSSR count). The fraction of sp³-hybridized carbons (Fsp3) is 1.00. The van der Waals surface area contributed by atoms with Gasteiger partial charge in [0, 0.05) is 5.66 Å². The van der Waals surface area contributed by atoms with E-state index in [9.17, 15) is 0 Å². The quantitative estimate of drug-likeness (QED) is 0.534. The Labute approximate surface area is 70.1 Å². The fourth-order valence-electron chi connectivity index (χ4n) is 0.519. The monoisotopic (exact) mass is 179 g/mol. The summed E-state index contributed by atoms with van der Waals surface area (Å²) in [6.45, 7) is 10.0. The Hall–Kier alpha value is 0.310. The van der Waals surface area contributed by atoms with E-state index >= 15 is 0 Å². The summed E-state index contributed by atoms with van der Waals surface area (Å²) in [5.41, 5.74) is 0.171. The van der Waals surface area contributed by atoms with E-state index in [1.807, 2.05) is 34.6 Å². The van der Waals surface area contributed by atoms with Crippen LogP contribution in [0.5, 0.6) is 0 Å². The molecule has 0 spiro atoms. The van der Waals surface area contributed by atoms with E-state index in [1.165, 1.54) is 0 Å². The predicted molar refractivity (Wildman–Crippen MR) is 48.2 cm³/mol. The maximum absolute atomic E-state index is 5.57. The topological polar surface area (TPSA) is 44.5 Å². The maximum atomic E-state index is 5.57. The standard InChI is InChI=1S/C7H18NO2P/c1-6(2)11(10-8)9-7(3,4)5/h6H,8H2,1-5H3. The molecule has 0 saturated heterocycles. The second kappa shape index (κ2) is 4.36. The summed E-state index contributed by atoms with van der Waals surface area (Å²) in [6.07, 6.45) is 0. The van der Waals surface area contributed by atoms with E-state index in [4.69, 9.17) is 15.0 Å². The van der Waals surface area contributed by atoms with Crippen molar-refractivity contribution in [3.05, 3.63) is 0 Å². The Morgan fingerprint density at radius 1 is 1.27 bits per heavy atom. The molecule has 4 heteroatoms. The van der Waals surface area contributed by atoms with Gasteiger partial charge in [-0.15, -0.1) is 0 Å². The average Bonchev–Trinajstić information content (AvgIpc) is 1.80. The third-order valence-corrected chi connectivity index (χ3v) is 2.67. The predicted octanol–water partition coefficient (Wildman–Crippen LogP) is 2.41. The summed E-state index contributed by atoms with van der Waals surface area (Å²) in [4.78, 5) is 0. The van der Waals surface area contributed by atoms with E-state index in [-0.39, 0.29) is 5.60 Å². The first-order valence-electron chi connectivity index (χ1n) is 3.72. The van der Waals surface area contributed by atoms with Gasteiger partial charge in [0.15, 0.2) is 8.38 Å². The molecule has 11 heavy (non-hydrogen) atoms. The molecule has 0 aromatic carbocycles. The second-order valence-electron chi connectivity index (χ2n) is 3.69. The van der Waals surface area contributed by atoms with Gasteiger partial charge in [0.05, 0.1) is 5.60 Å². The van der Waals surface area contributed by atoms with Crippen molar-refractivity contribution < 1.29 is 9.15 Å². The number of rotatable bonds is 3. The van der Waals surface area contributed by atoms with Gasteiger partial charge < -0.3 is 4.52 Å². The Balaban J connectivity index is 3.88. The fourth-order valence-corrected chi connectivity index (χ4v) is 1.56. The molecule has 0 aliphatic carbocycles. The molecule has 0 aromatic heterocycles. The molecule has 0 aromatic rings. The SMILES string of the molecule is CC(C)P(ON)OC(C)(C)C. The molecule has 0 amide bonds. The van der Waals surface area contributed by atoms with Crippen molar-refractivity contribution in [1.29, 1.82) is 0 Å². The molecule has 0 aliphatic rings. The van der Waals surface area contributed by atoms with Crippen molar-refractivity contribution in [2.75, 3.05) is 0 Å². The van der Waals surface area contributed by atoms with Gasteiger partial charge in [-0.05, 0) is 20.8 Å². The van der Waals surface area contributed by atoms with Crippen LogP contribution in [0.3, 0.4) is 0 Å². The Morgan fingerprint density at radius 3 is 1.82 bits per heavy atom. The molecule has 3 nitrogen and oxygen atoms in total. The zero-order valence-electron chi connectivity index (χ0n) is 7.92. The van der Waals surface area contributed by atoms with Crippen LogP contribution in [0, 0.1) is 0 Å². The lowest BCUT2D eigenvalue weighted by Gasteiger charge is -2.26. The lowest BCUT2D eigenvalue weighted by molar-refractivity contribution is 0.116. The normalized spacial score (nSPS) is 15.5. The van der Waals surface area contributed by atoms with E-state index in [1.54, 1.807) is 0 Å². The first kappa shape index (κ1) is 11.3. The minimum atomic E-state index is -0.928. The molecule has 68 valence electrons. The maximum Gasteiger partial charge on any atom is 0.195 e. The second-order valence-corrected chi connectivity index (χ2v) is 5.69. The molecule has 2 N–H and O–H groups in total. The van der Waals surface area contributed by atoms with Crippen LogP contribution in [-0.4, -0.2) is 11.3 Å². The van der Waals surface area contributed by atoms with Crippen molar-refractivity contribution in [1.82, 2.24) is 0 Å². The highest BCUT2D eigenvalue weighted by Gasteiger charge is 2.22. The van der Waals surface area contributed by atoms with Gasteiger partial charge in [0.2, 0.25) is 0 Å². The van der Waals surface area contributed by atoms with Crippen LogP contribution in [0.4, 0.5) is 0 Å². The Kier molecular flexibility index (Phi) is 4.49. The number of hydrogen-bond donors (Lipinski definition) is 1. The van der Waals surface area contributed by atoms with Crippen LogP contribution in [0.1, 0.15) is 34.6 Å². The number of nitrogens with two attached hydrogens (primary N) is 1. The molecule has 0 heterocycles. The third kappa shape index (κ3) is 5.57. The zero-order valence-corrected chi connectivity index (χ0v) is 8.81. The largest absolute Gasteiger partial charge is 0.327 e. The molecular formula is C7H18NO2P. The van der Waals surface area contributed by atoms with Gasteiger partial charge in [-0.2, -0.15) is 0 Å². The van der Waals surface area contributed by atoms with Crippen molar-refractivity contribution in [2.45, 2.75) is 45.9 Å². The summed E-state index contributed by atoms with van der Waals surface area (Å²) in [6, 6.07) is 0. The van der Waals surface area contributed by atoms with Gasteiger partial charge in [0.1, 0.15) is 0 Å². The van der Waals surface area contributed by atoms with Crippen LogP contribution in [0.2, 0.25) is 0 Å². The highest BCUT2D eigenvalue weighted by molar-refractivity contribution is 7.48. The van der Waals surface area contributed by atoms with Crippen molar-refractivity contribution >= 4 is 8.38 Å². The molecular weight excluding hydrogens is 161 g/mol. The molecule has 0 bridgehead atoms. The van der Waals surface area contributed by atoms with Gasteiger partial charge in [-0.25, -0.2) is 5.90 Å². The summed E-state index contributed by atoms with van der Waals surface area (Å²) >= 11 is 0. The Morgan fingerprint density at radius 2 is 1.73 bits per heavy atom. The van der Waals surface area contributed by atoms with Crippen molar-refractivity contribution in [3.63, 3.8) is 0 Å². The van der Waals surface area contributed by atoms with E-state index in [0.29, 0.717) is 5.66 Å². The number of hydrogen-bond acceptors (Lipinski definition) is 3. The van der Waals surface area contributed by atoms with Crippen LogP contribution in [0.25, 0.3) is 0 Å². The van der Waals surface area contributed by atoms with Crippen LogP contribution < -0.4 is 5.90 Å². The molecule has 1 unspecified atom stereocenters. The highest BCUT2D eigenvalue weighted by atomic mass is 31.2. The summed E-state index contributed by atoms with van der Waals surface area (Å²) in [5, 5.41) is 0.